The minimum atomic E-state index is -0.380. The molecule has 0 aliphatic heterocycles. The van der Waals surface area contributed by atoms with E-state index in [1.807, 2.05) is 6.92 Å². The molecular weight excluding hydrogens is 378 g/mol. The lowest BCUT2D eigenvalue weighted by atomic mass is 10.2. The first kappa shape index (κ1) is 19.4. The minimum absolute atomic E-state index is 0.0684. The van der Waals surface area contributed by atoms with E-state index in [0.29, 0.717) is 27.7 Å². The molecule has 0 bridgehead atoms. The standard InChI is InChI=1S/C20H19N3O4S/c1-2-5-17(24)21-13-6-3-7-14(12-13)22-20(26)16-9-10-18(28-16)23-19(25)15-8-4-11-27-15/h3-4,6-12H,2,5H2,1H3,(H,21,24)(H,22,26)(H,23,25). The summed E-state index contributed by atoms with van der Waals surface area (Å²) >= 11 is 1.15. The Morgan fingerprint density at radius 1 is 0.929 bits per heavy atom. The Kier molecular flexibility index (Phi) is 6.23. The highest BCUT2D eigenvalue weighted by atomic mass is 32.1. The molecule has 3 amide bonds. The lowest BCUT2D eigenvalue weighted by Crippen LogP contribution is -2.12. The molecule has 0 aliphatic carbocycles. The molecule has 2 heterocycles. The van der Waals surface area contributed by atoms with Crippen molar-refractivity contribution < 1.29 is 18.8 Å². The van der Waals surface area contributed by atoms with Gasteiger partial charge < -0.3 is 20.4 Å². The van der Waals surface area contributed by atoms with Gasteiger partial charge in [-0.1, -0.05) is 13.0 Å². The van der Waals surface area contributed by atoms with E-state index in [-0.39, 0.29) is 23.5 Å². The van der Waals surface area contributed by atoms with Crippen molar-refractivity contribution in [1.29, 1.82) is 0 Å². The molecule has 144 valence electrons. The summed E-state index contributed by atoms with van der Waals surface area (Å²) < 4.78 is 5.04. The van der Waals surface area contributed by atoms with Gasteiger partial charge in [0.25, 0.3) is 11.8 Å². The molecular formula is C20H19N3O4S. The number of carbonyl (C=O) groups excluding carboxylic acids is 3. The Morgan fingerprint density at radius 3 is 2.43 bits per heavy atom. The summed E-state index contributed by atoms with van der Waals surface area (Å²) in [5.41, 5.74) is 1.18. The Morgan fingerprint density at radius 2 is 1.71 bits per heavy atom. The van der Waals surface area contributed by atoms with Crippen molar-refractivity contribution in [3.63, 3.8) is 0 Å². The van der Waals surface area contributed by atoms with Crippen molar-refractivity contribution in [2.45, 2.75) is 19.8 Å². The SMILES string of the molecule is CCCC(=O)Nc1cccc(NC(=O)c2ccc(NC(=O)c3ccco3)s2)c1. The van der Waals surface area contributed by atoms with Gasteiger partial charge in [-0.05, 0) is 48.9 Å². The number of hydrogen-bond acceptors (Lipinski definition) is 5. The number of thiophene rings is 1. The Hall–Kier alpha value is -3.39. The predicted octanol–water partition coefficient (Wildman–Crippen LogP) is 4.58. The second kappa shape index (κ2) is 9.01. The molecule has 3 N–H and O–H groups in total. The number of hydrogen-bond donors (Lipinski definition) is 3. The average molecular weight is 397 g/mol. The Bertz CT molecular complexity index is 979. The maximum absolute atomic E-state index is 12.5. The number of carbonyl (C=O) groups is 3. The summed E-state index contributed by atoms with van der Waals surface area (Å²) in [6.45, 7) is 1.93. The lowest BCUT2D eigenvalue weighted by molar-refractivity contribution is -0.116. The highest BCUT2D eigenvalue weighted by molar-refractivity contribution is 7.18. The molecule has 0 radical (unpaired) electrons. The fourth-order valence-electron chi connectivity index (χ4n) is 2.43. The van der Waals surface area contributed by atoms with Crippen LogP contribution in [0.4, 0.5) is 16.4 Å². The van der Waals surface area contributed by atoms with Crippen molar-refractivity contribution in [1.82, 2.24) is 0 Å². The number of nitrogens with one attached hydrogen (secondary N) is 3. The minimum Gasteiger partial charge on any atom is -0.459 e. The van der Waals surface area contributed by atoms with Crippen molar-refractivity contribution >= 4 is 45.4 Å². The molecule has 7 nitrogen and oxygen atoms in total. The molecule has 8 heteroatoms. The van der Waals surface area contributed by atoms with E-state index in [4.69, 9.17) is 4.42 Å². The number of amides is 3. The van der Waals surface area contributed by atoms with Gasteiger partial charge in [0.1, 0.15) is 0 Å². The summed E-state index contributed by atoms with van der Waals surface area (Å²) in [6.07, 6.45) is 2.62. The molecule has 0 saturated heterocycles. The van der Waals surface area contributed by atoms with Crippen LogP contribution >= 0.6 is 11.3 Å². The number of anilines is 3. The monoisotopic (exact) mass is 397 g/mol. The molecule has 28 heavy (non-hydrogen) atoms. The number of benzene rings is 1. The van der Waals surface area contributed by atoms with Crippen LogP contribution in [0.15, 0.2) is 59.2 Å². The molecule has 0 unspecified atom stereocenters. The van der Waals surface area contributed by atoms with Crippen molar-refractivity contribution in [2.75, 3.05) is 16.0 Å². The van der Waals surface area contributed by atoms with Gasteiger partial charge in [-0.3, -0.25) is 14.4 Å². The van der Waals surface area contributed by atoms with Crippen molar-refractivity contribution in [3.8, 4) is 0 Å². The maximum Gasteiger partial charge on any atom is 0.291 e. The molecule has 1 aromatic carbocycles. The topological polar surface area (TPSA) is 100 Å². The van der Waals surface area contributed by atoms with Gasteiger partial charge >= 0.3 is 0 Å². The van der Waals surface area contributed by atoms with Gasteiger partial charge in [0.05, 0.1) is 16.1 Å². The van der Waals surface area contributed by atoms with E-state index in [2.05, 4.69) is 16.0 Å². The van der Waals surface area contributed by atoms with Crippen LogP contribution in [0.3, 0.4) is 0 Å². The zero-order valence-electron chi connectivity index (χ0n) is 15.2. The molecule has 0 saturated carbocycles. The van der Waals surface area contributed by atoms with Gasteiger partial charge in [-0.15, -0.1) is 11.3 Å². The highest BCUT2D eigenvalue weighted by Gasteiger charge is 2.14. The molecule has 0 atom stereocenters. The van der Waals surface area contributed by atoms with Crippen LogP contribution in [0.5, 0.6) is 0 Å². The summed E-state index contributed by atoms with van der Waals surface area (Å²) in [5, 5.41) is 8.80. The van der Waals surface area contributed by atoms with Crippen LogP contribution < -0.4 is 16.0 Å². The third-order valence-corrected chi connectivity index (χ3v) is 4.69. The second-order valence-electron chi connectivity index (χ2n) is 5.93. The number of rotatable bonds is 7. The summed E-state index contributed by atoms with van der Waals surface area (Å²) in [4.78, 5) is 36.6. The van der Waals surface area contributed by atoms with Crippen LogP contribution in [-0.4, -0.2) is 17.7 Å². The van der Waals surface area contributed by atoms with Gasteiger partial charge in [-0.2, -0.15) is 0 Å². The Labute approximate surface area is 165 Å². The van der Waals surface area contributed by atoms with Gasteiger partial charge in [-0.25, -0.2) is 0 Å². The van der Waals surface area contributed by atoms with Crippen LogP contribution in [0.25, 0.3) is 0 Å². The zero-order chi connectivity index (χ0) is 19.9. The van der Waals surface area contributed by atoms with Crippen molar-refractivity contribution in [2.24, 2.45) is 0 Å². The van der Waals surface area contributed by atoms with Crippen molar-refractivity contribution in [3.05, 3.63) is 65.4 Å². The normalized spacial score (nSPS) is 10.3. The van der Waals surface area contributed by atoms with E-state index in [9.17, 15) is 14.4 Å². The smallest absolute Gasteiger partial charge is 0.291 e. The molecule has 2 aromatic heterocycles. The third-order valence-electron chi connectivity index (χ3n) is 3.69. The molecule has 0 aliphatic rings. The highest BCUT2D eigenvalue weighted by Crippen LogP contribution is 2.24. The second-order valence-corrected chi connectivity index (χ2v) is 7.01. The first-order valence-corrected chi connectivity index (χ1v) is 9.52. The number of furan rings is 1. The fourth-order valence-corrected chi connectivity index (χ4v) is 3.22. The van der Waals surface area contributed by atoms with Crippen LogP contribution in [0, 0.1) is 0 Å². The molecule has 0 fully saturated rings. The fraction of sp³-hybridized carbons (Fsp3) is 0.150. The molecule has 0 spiro atoms. The van der Waals surface area contributed by atoms with Crippen LogP contribution in [-0.2, 0) is 4.79 Å². The summed E-state index contributed by atoms with van der Waals surface area (Å²) in [7, 11) is 0. The van der Waals surface area contributed by atoms with E-state index < -0.39 is 0 Å². The zero-order valence-corrected chi connectivity index (χ0v) is 16.0. The Balaban J connectivity index is 1.61. The van der Waals surface area contributed by atoms with Gasteiger partial charge in [0.2, 0.25) is 5.91 Å². The van der Waals surface area contributed by atoms with Crippen LogP contribution in [0.1, 0.15) is 40.0 Å². The van der Waals surface area contributed by atoms with E-state index in [1.165, 1.54) is 6.26 Å². The maximum atomic E-state index is 12.5. The van der Waals surface area contributed by atoms with E-state index in [0.717, 1.165) is 17.8 Å². The third kappa shape index (κ3) is 5.08. The summed E-state index contributed by atoms with van der Waals surface area (Å²) in [6, 6.07) is 13.4. The van der Waals surface area contributed by atoms with Gasteiger partial charge in [0, 0.05) is 17.8 Å². The molecule has 3 rings (SSSR count). The quantitative estimate of drug-likeness (QED) is 0.543. The molecule has 3 aromatic rings. The van der Waals surface area contributed by atoms with Gasteiger partial charge in [0.15, 0.2) is 5.76 Å². The predicted molar refractivity (Wildman–Crippen MR) is 109 cm³/mol. The largest absolute Gasteiger partial charge is 0.459 e. The van der Waals surface area contributed by atoms with E-state index >= 15 is 0 Å². The first-order valence-electron chi connectivity index (χ1n) is 8.71. The first-order chi connectivity index (χ1) is 13.5. The summed E-state index contributed by atoms with van der Waals surface area (Å²) in [5.74, 6) is -0.558. The van der Waals surface area contributed by atoms with E-state index in [1.54, 1.807) is 48.5 Å². The van der Waals surface area contributed by atoms with Crippen LogP contribution in [0.2, 0.25) is 0 Å². The average Bonchev–Trinajstić information content (AvgIpc) is 3.34. The lowest BCUT2D eigenvalue weighted by Gasteiger charge is -2.08.